The monoisotopic (exact) mass is 415 g/mol. The van der Waals surface area contributed by atoms with Crippen LogP contribution in [0.25, 0.3) is 5.65 Å². The zero-order valence-corrected chi connectivity index (χ0v) is 17.2. The molecule has 7 heteroatoms. The number of carbonyl (C=O) groups excluding carboxylic acids is 1. The molecule has 0 aliphatic carbocycles. The number of aromatic nitrogens is 2. The molecule has 1 N–H and O–H groups in total. The molecular formula is C24H21N3O4. The molecule has 0 aliphatic rings. The van der Waals surface area contributed by atoms with Gasteiger partial charge < -0.3 is 14.8 Å². The van der Waals surface area contributed by atoms with E-state index >= 15 is 0 Å². The lowest BCUT2D eigenvalue weighted by Crippen LogP contribution is -2.26. The number of nitrogens with zero attached hydrogens (tertiary/aromatic N) is 2. The predicted molar refractivity (Wildman–Crippen MR) is 118 cm³/mol. The lowest BCUT2D eigenvalue weighted by Gasteiger charge is -2.09. The fourth-order valence-corrected chi connectivity index (χ4v) is 3.05. The lowest BCUT2D eigenvalue weighted by molar-refractivity contribution is 0.102. The third-order valence-electron chi connectivity index (χ3n) is 4.58. The summed E-state index contributed by atoms with van der Waals surface area (Å²) in [5, 5.41) is 2.73. The van der Waals surface area contributed by atoms with Crippen molar-refractivity contribution >= 4 is 17.2 Å². The molecule has 0 radical (unpaired) electrons. The van der Waals surface area contributed by atoms with Gasteiger partial charge in [-0.15, -0.1) is 0 Å². The molecule has 2 heterocycles. The van der Waals surface area contributed by atoms with Gasteiger partial charge in [-0.1, -0.05) is 6.07 Å². The minimum Gasteiger partial charge on any atom is -0.494 e. The van der Waals surface area contributed by atoms with Crippen LogP contribution in [0.3, 0.4) is 0 Å². The average molecular weight is 415 g/mol. The molecule has 0 saturated carbocycles. The van der Waals surface area contributed by atoms with Crippen LogP contribution < -0.4 is 20.3 Å². The summed E-state index contributed by atoms with van der Waals surface area (Å²) in [6.45, 7) is 4.41. The van der Waals surface area contributed by atoms with Crippen LogP contribution in [0.1, 0.15) is 22.8 Å². The van der Waals surface area contributed by atoms with E-state index in [-0.39, 0.29) is 5.56 Å². The number of pyridine rings is 1. The molecular weight excluding hydrogens is 394 g/mol. The number of benzene rings is 2. The van der Waals surface area contributed by atoms with Gasteiger partial charge in [0.1, 0.15) is 28.5 Å². The molecule has 4 rings (SSSR count). The summed E-state index contributed by atoms with van der Waals surface area (Å²) in [5.41, 5.74) is 1.48. The highest BCUT2D eigenvalue weighted by Gasteiger charge is 2.14. The van der Waals surface area contributed by atoms with Crippen molar-refractivity contribution in [1.82, 2.24) is 9.38 Å². The van der Waals surface area contributed by atoms with Crippen molar-refractivity contribution in [1.29, 1.82) is 0 Å². The quantitative estimate of drug-likeness (QED) is 0.503. The van der Waals surface area contributed by atoms with Gasteiger partial charge in [0.05, 0.1) is 6.61 Å². The van der Waals surface area contributed by atoms with E-state index in [1.165, 1.54) is 10.6 Å². The van der Waals surface area contributed by atoms with Crippen molar-refractivity contribution < 1.29 is 14.3 Å². The highest BCUT2D eigenvalue weighted by atomic mass is 16.5. The molecule has 0 atom stereocenters. The van der Waals surface area contributed by atoms with E-state index in [2.05, 4.69) is 10.3 Å². The van der Waals surface area contributed by atoms with Crippen LogP contribution in [0.15, 0.2) is 77.9 Å². The summed E-state index contributed by atoms with van der Waals surface area (Å²) >= 11 is 0. The molecule has 0 spiro atoms. The highest BCUT2D eigenvalue weighted by molar-refractivity contribution is 6.03. The van der Waals surface area contributed by atoms with Crippen LogP contribution >= 0.6 is 0 Å². The van der Waals surface area contributed by atoms with Gasteiger partial charge >= 0.3 is 0 Å². The molecule has 1 amide bonds. The van der Waals surface area contributed by atoms with Crippen LogP contribution in [0.4, 0.5) is 5.69 Å². The Labute approximate surface area is 178 Å². The topological polar surface area (TPSA) is 81.9 Å². The first-order chi connectivity index (χ1) is 15.0. The largest absolute Gasteiger partial charge is 0.494 e. The number of aryl methyl sites for hydroxylation is 1. The maximum Gasteiger partial charge on any atom is 0.270 e. The van der Waals surface area contributed by atoms with Crippen molar-refractivity contribution in [3.05, 3.63) is 94.5 Å². The van der Waals surface area contributed by atoms with Crippen molar-refractivity contribution in [2.24, 2.45) is 0 Å². The second kappa shape index (κ2) is 8.71. The molecule has 0 bridgehead atoms. The van der Waals surface area contributed by atoms with E-state index < -0.39 is 11.5 Å². The molecule has 0 unspecified atom stereocenters. The summed E-state index contributed by atoms with van der Waals surface area (Å²) in [5.74, 6) is 1.55. The summed E-state index contributed by atoms with van der Waals surface area (Å²) in [7, 11) is 0. The standard InChI is InChI=1S/C24H21N3O4/c1-3-30-18-9-11-20(12-10-18)31-19-7-5-17(6-8-19)26-23(28)21-14-25-22-13-4-16(2)15-27(22)24(21)29/h4-15H,3H2,1-2H3,(H,26,28). The Hall–Kier alpha value is -4.13. The smallest absolute Gasteiger partial charge is 0.270 e. The first-order valence-corrected chi connectivity index (χ1v) is 9.83. The van der Waals surface area contributed by atoms with Crippen molar-refractivity contribution in [3.63, 3.8) is 0 Å². The first kappa shape index (κ1) is 20.2. The van der Waals surface area contributed by atoms with Gasteiger partial charge in [-0.2, -0.15) is 0 Å². The van der Waals surface area contributed by atoms with Crippen LogP contribution in [0.2, 0.25) is 0 Å². The Morgan fingerprint density at radius 1 is 0.968 bits per heavy atom. The molecule has 4 aromatic rings. The fraction of sp³-hybridized carbons (Fsp3) is 0.125. The molecule has 2 aromatic heterocycles. The van der Waals surface area contributed by atoms with Gasteiger partial charge in [0.2, 0.25) is 0 Å². The minimum absolute atomic E-state index is 0.0298. The lowest BCUT2D eigenvalue weighted by atomic mass is 10.2. The van der Waals surface area contributed by atoms with Gasteiger partial charge in [-0.05, 0) is 74.0 Å². The Morgan fingerprint density at radius 2 is 1.61 bits per heavy atom. The van der Waals surface area contributed by atoms with Crippen molar-refractivity contribution in [2.75, 3.05) is 11.9 Å². The number of hydrogen-bond donors (Lipinski definition) is 1. The molecule has 0 fully saturated rings. The van der Waals surface area contributed by atoms with Crippen LogP contribution in [-0.4, -0.2) is 21.9 Å². The van der Waals surface area contributed by atoms with E-state index in [1.54, 1.807) is 36.5 Å². The zero-order valence-electron chi connectivity index (χ0n) is 17.2. The predicted octanol–water partition coefficient (Wildman–Crippen LogP) is 4.45. The number of ether oxygens (including phenoxy) is 2. The number of amides is 1. The van der Waals surface area contributed by atoms with Crippen LogP contribution in [0, 0.1) is 6.92 Å². The van der Waals surface area contributed by atoms with Gasteiger partial charge in [0.15, 0.2) is 0 Å². The van der Waals surface area contributed by atoms with Gasteiger partial charge in [0.25, 0.3) is 11.5 Å². The van der Waals surface area contributed by atoms with E-state index in [0.717, 1.165) is 11.3 Å². The van der Waals surface area contributed by atoms with Crippen molar-refractivity contribution in [2.45, 2.75) is 13.8 Å². The Morgan fingerprint density at radius 3 is 2.29 bits per heavy atom. The van der Waals surface area contributed by atoms with Gasteiger partial charge in [0, 0.05) is 18.1 Å². The molecule has 156 valence electrons. The van der Waals surface area contributed by atoms with Crippen molar-refractivity contribution in [3.8, 4) is 17.2 Å². The first-order valence-electron chi connectivity index (χ1n) is 9.83. The maximum absolute atomic E-state index is 12.7. The summed E-state index contributed by atoms with van der Waals surface area (Å²) in [6, 6.07) is 17.8. The molecule has 0 saturated heterocycles. The summed E-state index contributed by atoms with van der Waals surface area (Å²) < 4.78 is 12.6. The normalized spacial score (nSPS) is 10.6. The second-order valence-corrected chi connectivity index (χ2v) is 6.90. The number of nitrogens with one attached hydrogen (secondary N) is 1. The number of hydrogen-bond acceptors (Lipinski definition) is 5. The van der Waals surface area contributed by atoms with Crippen LogP contribution in [0.5, 0.6) is 17.2 Å². The zero-order chi connectivity index (χ0) is 21.8. The third-order valence-corrected chi connectivity index (χ3v) is 4.58. The van der Waals surface area contributed by atoms with E-state index in [4.69, 9.17) is 9.47 Å². The Bertz CT molecular complexity index is 1280. The van der Waals surface area contributed by atoms with Crippen LogP contribution in [-0.2, 0) is 0 Å². The maximum atomic E-state index is 12.7. The molecule has 2 aromatic carbocycles. The second-order valence-electron chi connectivity index (χ2n) is 6.90. The van der Waals surface area contributed by atoms with E-state index in [1.807, 2.05) is 44.2 Å². The summed E-state index contributed by atoms with van der Waals surface area (Å²) in [6.07, 6.45) is 2.96. The minimum atomic E-state index is -0.520. The van der Waals surface area contributed by atoms with E-state index in [9.17, 15) is 9.59 Å². The highest BCUT2D eigenvalue weighted by Crippen LogP contribution is 2.25. The SMILES string of the molecule is CCOc1ccc(Oc2ccc(NC(=O)c3cnc4ccc(C)cn4c3=O)cc2)cc1. The molecule has 31 heavy (non-hydrogen) atoms. The number of fused-ring (bicyclic) bond motifs is 1. The molecule has 7 nitrogen and oxygen atoms in total. The van der Waals surface area contributed by atoms with Gasteiger partial charge in [-0.25, -0.2) is 4.98 Å². The van der Waals surface area contributed by atoms with E-state index in [0.29, 0.717) is 29.4 Å². The van der Waals surface area contributed by atoms with Gasteiger partial charge in [-0.3, -0.25) is 14.0 Å². The number of rotatable bonds is 6. The average Bonchev–Trinajstić information content (AvgIpc) is 2.77. The summed E-state index contributed by atoms with van der Waals surface area (Å²) in [4.78, 5) is 29.5. The Kier molecular flexibility index (Phi) is 5.66. The molecule has 0 aliphatic heterocycles. The Balaban J connectivity index is 1.46. The number of carbonyl (C=O) groups is 1. The number of anilines is 1. The third kappa shape index (κ3) is 4.56. The fourth-order valence-electron chi connectivity index (χ4n) is 3.05.